The molecule has 0 aromatic heterocycles. The van der Waals surface area contributed by atoms with Gasteiger partial charge in [-0.25, -0.2) is 4.79 Å². The first-order chi connectivity index (χ1) is 6.59. The molecule has 0 aromatic rings. The van der Waals surface area contributed by atoms with E-state index in [1.54, 1.807) is 4.90 Å². The summed E-state index contributed by atoms with van der Waals surface area (Å²) in [4.78, 5) is 13.3. The number of carbonyl (C=O) groups is 1. The van der Waals surface area contributed by atoms with E-state index in [4.69, 9.17) is 4.55 Å². The second-order valence-corrected chi connectivity index (χ2v) is 4.22. The summed E-state index contributed by atoms with van der Waals surface area (Å²) < 4.78 is 23.6. The first-order valence-corrected chi connectivity index (χ1v) is 5.52. The smallest absolute Gasteiger partial charge is 0.318 e. The molecule has 1 N–H and O–H groups in total. The summed E-state index contributed by atoms with van der Waals surface area (Å²) in [5, 5.41) is 1.03. The topological polar surface area (TPSA) is 70.1 Å². The van der Waals surface area contributed by atoms with Crippen molar-refractivity contribution in [2.45, 2.75) is 31.8 Å². The van der Waals surface area contributed by atoms with Gasteiger partial charge in [-0.2, -0.15) is 9.27 Å². The lowest BCUT2D eigenvalue weighted by molar-refractivity contribution is -0.0230. The second-order valence-electron chi connectivity index (χ2n) is 3.63. The van der Waals surface area contributed by atoms with Crippen LogP contribution in [0.25, 0.3) is 0 Å². The third kappa shape index (κ3) is 1.51. The van der Waals surface area contributed by atoms with E-state index in [2.05, 4.69) is 4.28 Å². The fourth-order valence-electron chi connectivity index (χ4n) is 1.99. The van der Waals surface area contributed by atoms with Crippen molar-refractivity contribution in [2.24, 2.45) is 0 Å². The molecule has 2 heterocycles. The third-order valence-corrected chi connectivity index (χ3v) is 3.06. The number of rotatable bonds is 2. The van der Waals surface area contributed by atoms with Crippen LogP contribution in [0.15, 0.2) is 0 Å². The Morgan fingerprint density at radius 2 is 2.29 bits per heavy atom. The van der Waals surface area contributed by atoms with E-state index >= 15 is 0 Å². The van der Waals surface area contributed by atoms with Gasteiger partial charge in [0, 0.05) is 12.6 Å². The lowest BCUT2D eigenvalue weighted by Gasteiger charge is -2.26. The molecule has 0 spiro atoms. The number of hydroxylamine groups is 2. The molecule has 0 aliphatic carbocycles. The normalized spacial score (nSPS) is 33.7. The number of hydrogen-bond donors (Lipinski definition) is 1. The van der Waals surface area contributed by atoms with Crippen LogP contribution >= 0.6 is 0 Å². The highest BCUT2D eigenvalue weighted by Gasteiger charge is 2.44. The monoisotopic (exact) mass is 220 g/mol. The number of piperidine rings is 1. The number of hydrogen-bond acceptors (Lipinski definition) is 3. The van der Waals surface area contributed by atoms with Crippen molar-refractivity contribution in [3.8, 4) is 0 Å². The Labute approximate surface area is 84.3 Å². The molecule has 3 atom stereocenters. The minimum absolute atomic E-state index is 0.0743. The zero-order chi connectivity index (χ0) is 10.3. The Balaban J connectivity index is 2.13. The van der Waals surface area contributed by atoms with E-state index in [1.807, 2.05) is 6.92 Å². The van der Waals surface area contributed by atoms with Gasteiger partial charge in [0.25, 0.3) is 0 Å². The zero-order valence-electron chi connectivity index (χ0n) is 7.75. The van der Waals surface area contributed by atoms with E-state index in [-0.39, 0.29) is 18.1 Å². The van der Waals surface area contributed by atoms with Gasteiger partial charge in [-0.15, -0.1) is 4.28 Å². The molecule has 2 saturated heterocycles. The highest BCUT2D eigenvalue weighted by Crippen LogP contribution is 2.29. The minimum Gasteiger partial charge on any atom is -0.318 e. The van der Waals surface area contributed by atoms with Crippen molar-refractivity contribution in [2.75, 3.05) is 6.54 Å². The molecule has 2 amide bonds. The lowest BCUT2D eigenvalue weighted by Crippen LogP contribution is -2.37. The molecule has 80 valence electrons. The Kier molecular flexibility index (Phi) is 2.46. The van der Waals surface area contributed by atoms with E-state index in [1.165, 1.54) is 0 Å². The van der Waals surface area contributed by atoms with Gasteiger partial charge < -0.3 is 4.90 Å². The summed E-state index contributed by atoms with van der Waals surface area (Å²) in [6, 6.07) is -0.184. The summed E-state index contributed by atoms with van der Waals surface area (Å²) in [7, 11) is 0. The van der Waals surface area contributed by atoms with Crippen LogP contribution in [0.3, 0.4) is 0 Å². The Morgan fingerprint density at radius 3 is 2.86 bits per heavy atom. The molecule has 2 bridgehead atoms. The summed E-state index contributed by atoms with van der Waals surface area (Å²) in [5.74, 6) is 0. The van der Waals surface area contributed by atoms with Crippen molar-refractivity contribution in [3.63, 3.8) is 0 Å². The van der Waals surface area contributed by atoms with E-state index in [0.717, 1.165) is 17.9 Å². The largest absolute Gasteiger partial charge is 0.345 e. The molecular formula is C7H12N2O4S. The molecule has 1 unspecified atom stereocenters. The van der Waals surface area contributed by atoms with Crippen molar-refractivity contribution in [3.05, 3.63) is 0 Å². The fraction of sp³-hybridized carbons (Fsp3) is 0.857. The minimum atomic E-state index is -2.42. The maximum absolute atomic E-state index is 11.6. The average Bonchev–Trinajstić information content (AvgIpc) is 2.37. The Bertz CT molecular complexity index is 285. The van der Waals surface area contributed by atoms with Gasteiger partial charge in [0.15, 0.2) is 0 Å². The maximum atomic E-state index is 11.6. The van der Waals surface area contributed by atoms with Crippen molar-refractivity contribution in [1.82, 2.24) is 9.96 Å². The maximum Gasteiger partial charge on any atom is 0.345 e. The zero-order valence-corrected chi connectivity index (χ0v) is 8.57. The first kappa shape index (κ1) is 9.88. The quantitative estimate of drug-likeness (QED) is 0.681. The van der Waals surface area contributed by atoms with Gasteiger partial charge in [-0.3, -0.25) is 4.55 Å². The molecule has 2 rings (SSSR count). The van der Waals surface area contributed by atoms with Gasteiger partial charge in [-0.05, 0) is 19.8 Å². The third-order valence-electron chi connectivity index (χ3n) is 2.77. The van der Waals surface area contributed by atoms with Crippen LogP contribution in [-0.4, -0.2) is 43.4 Å². The number of urea groups is 1. The number of fused-ring (bicyclic) bond motifs is 2. The summed E-state index contributed by atoms with van der Waals surface area (Å²) in [6.07, 6.45) is 1.73. The van der Waals surface area contributed by atoms with Crippen LogP contribution < -0.4 is 0 Å². The average molecular weight is 220 g/mol. The molecule has 0 aromatic carbocycles. The molecule has 0 saturated carbocycles. The predicted molar refractivity (Wildman–Crippen MR) is 48.3 cm³/mol. The molecule has 2 aliphatic heterocycles. The molecule has 2 aliphatic rings. The van der Waals surface area contributed by atoms with Crippen LogP contribution in [0.2, 0.25) is 0 Å². The van der Waals surface area contributed by atoms with Crippen LogP contribution in [0.1, 0.15) is 19.8 Å². The molecule has 6 nitrogen and oxygen atoms in total. The number of nitrogens with zero attached hydrogens (tertiary/aromatic N) is 2. The van der Waals surface area contributed by atoms with Gasteiger partial charge in [0.05, 0.1) is 6.04 Å². The standard InChI is InChI=1S/C7H12N2O4S/c1-5-2-3-6-4-8(5)7(10)9(6)13-14(11)12/h5-6H,2-4H2,1H3,(H,11,12)/t5-,6-/m1/s1. The van der Waals surface area contributed by atoms with E-state index in [0.29, 0.717) is 6.54 Å². The molecule has 14 heavy (non-hydrogen) atoms. The van der Waals surface area contributed by atoms with Crippen molar-refractivity contribution in [1.29, 1.82) is 0 Å². The van der Waals surface area contributed by atoms with Gasteiger partial charge in [0.1, 0.15) is 0 Å². The molecule has 0 radical (unpaired) electrons. The molecule has 7 heteroatoms. The second kappa shape index (κ2) is 3.48. The number of carbonyl (C=O) groups excluding carboxylic acids is 1. The highest BCUT2D eigenvalue weighted by molar-refractivity contribution is 7.74. The van der Waals surface area contributed by atoms with Gasteiger partial charge in [0.2, 0.25) is 0 Å². The summed E-state index contributed by atoms with van der Waals surface area (Å²) >= 11 is -2.42. The highest BCUT2D eigenvalue weighted by atomic mass is 32.2. The van der Waals surface area contributed by atoms with Crippen LogP contribution in [-0.2, 0) is 15.6 Å². The van der Waals surface area contributed by atoms with E-state index in [9.17, 15) is 9.00 Å². The molecular weight excluding hydrogens is 208 g/mol. The van der Waals surface area contributed by atoms with E-state index < -0.39 is 11.4 Å². The summed E-state index contributed by atoms with van der Waals surface area (Å²) in [5.41, 5.74) is 0. The van der Waals surface area contributed by atoms with Crippen LogP contribution in [0.4, 0.5) is 4.79 Å². The predicted octanol–water partition coefficient (Wildman–Crippen LogP) is 0.343. The van der Waals surface area contributed by atoms with Crippen LogP contribution in [0.5, 0.6) is 0 Å². The lowest BCUT2D eigenvalue weighted by atomic mass is 10.0. The fourth-order valence-corrected chi connectivity index (χ4v) is 2.31. The SMILES string of the molecule is C[C@@H]1CC[C@@H]2CN1C(=O)N2OS(=O)O. The van der Waals surface area contributed by atoms with Gasteiger partial charge >= 0.3 is 17.4 Å². The molecule has 2 fully saturated rings. The van der Waals surface area contributed by atoms with Crippen LogP contribution in [0, 0.1) is 0 Å². The van der Waals surface area contributed by atoms with Gasteiger partial charge in [-0.1, -0.05) is 0 Å². The first-order valence-electron chi connectivity index (χ1n) is 4.48. The summed E-state index contributed by atoms with van der Waals surface area (Å²) in [6.45, 7) is 2.56. The Morgan fingerprint density at radius 1 is 1.57 bits per heavy atom. The van der Waals surface area contributed by atoms with Crippen molar-refractivity contribution >= 4 is 17.4 Å². The Hall–Kier alpha value is -0.660. The van der Waals surface area contributed by atoms with Crippen molar-refractivity contribution < 1.29 is 17.8 Å². The number of amides is 2.